The smallest absolute Gasteiger partial charge is 0.223 e. The number of rotatable bonds is 5. The summed E-state index contributed by atoms with van der Waals surface area (Å²) in [5.74, 6) is 0.271. The molecule has 104 valence electrons. The number of benzene rings is 1. The summed E-state index contributed by atoms with van der Waals surface area (Å²) >= 11 is 0. The number of carbonyl (C=O) groups is 1. The molecule has 1 aromatic rings. The molecule has 1 unspecified atom stereocenters. The van der Waals surface area contributed by atoms with Crippen LogP contribution in [-0.2, 0) is 17.8 Å². The number of aryl methyl sites for hydroxylation is 1. The van der Waals surface area contributed by atoms with E-state index < -0.39 is 0 Å². The van der Waals surface area contributed by atoms with Crippen molar-refractivity contribution in [3.05, 3.63) is 29.3 Å². The number of fused-ring (bicyclic) bond motifs is 1. The highest BCUT2D eigenvalue weighted by Gasteiger charge is 2.14. The van der Waals surface area contributed by atoms with Crippen LogP contribution in [0.3, 0.4) is 0 Å². The lowest BCUT2D eigenvalue weighted by Crippen LogP contribution is -2.29. The third-order valence-corrected chi connectivity index (χ3v) is 3.78. The van der Waals surface area contributed by atoms with Gasteiger partial charge in [0.15, 0.2) is 0 Å². The van der Waals surface area contributed by atoms with Gasteiger partial charge >= 0.3 is 0 Å². The molecule has 0 fully saturated rings. The van der Waals surface area contributed by atoms with Gasteiger partial charge < -0.3 is 10.6 Å². The molecule has 2 rings (SSSR count). The zero-order chi connectivity index (χ0) is 13.7. The quantitative estimate of drug-likeness (QED) is 0.854. The number of hydrogen-bond acceptors (Lipinski definition) is 2. The highest BCUT2D eigenvalue weighted by molar-refractivity contribution is 5.78. The summed E-state index contributed by atoms with van der Waals surface area (Å²) in [6.45, 7) is 5.77. The van der Waals surface area contributed by atoms with Gasteiger partial charge in [0.25, 0.3) is 0 Å². The predicted molar refractivity (Wildman–Crippen MR) is 79.2 cm³/mol. The molecule has 0 aliphatic carbocycles. The molecule has 0 bridgehead atoms. The molecule has 1 heterocycles. The molecule has 1 atom stereocenters. The molecule has 3 heteroatoms. The molecular weight excluding hydrogens is 236 g/mol. The second-order valence-electron chi connectivity index (χ2n) is 5.39. The minimum absolute atomic E-state index is 0.109. The van der Waals surface area contributed by atoms with Crippen molar-refractivity contribution < 1.29 is 4.79 Å². The van der Waals surface area contributed by atoms with Crippen LogP contribution in [0.2, 0.25) is 0 Å². The molecule has 0 saturated carbocycles. The van der Waals surface area contributed by atoms with E-state index in [2.05, 4.69) is 35.8 Å². The van der Waals surface area contributed by atoms with Crippen molar-refractivity contribution in [1.82, 2.24) is 5.32 Å². The van der Waals surface area contributed by atoms with Gasteiger partial charge in [0.2, 0.25) is 5.91 Å². The first kappa shape index (κ1) is 13.9. The van der Waals surface area contributed by atoms with E-state index in [9.17, 15) is 4.79 Å². The molecule has 19 heavy (non-hydrogen) atoms. The van der Waals surface area contributed by atoms with Crippen molar-refractivity contribution in [2.45, 2.75) is 46.1 Å². The normalized spacial score (nSPS) is 15.3. The van der Waals surface area contributed by atoms with Crippen LogP contribution in [0.25, 0.3) is 0 Å². The molecule has 1 amide bonds. The van der Waals surface area contributed by atoms with Gasteiger partial charge in [0, 0.05) is 24.7 Å². The Labute approximate surface area is 115 Å². The first-order valence-corrected chi connectivity index (χ1v) is 7.34. The van der Waals surface area contributed by atoms with Crippen molar-refractivity contribution in [2.75, 3.05) is 11.9 Å². The lowest BCUT2D eigenvalue weighted by molar-refractivity contribution is -0.124. The highest BCUT2D eigenvalue weighted by atomic mass is 16.1. The fraction of sp³-hybridized carbons (Fsp3) is 0.562. The fourth-order valence-electron chi connectivity index (χ4n) is 2.65. The highest BCUT2D eigenvalue weighted by Crippen LogP contribution is 2.25. The lowest BCUT2D eigenvalue weighted by Gasteiger charge is -2.21. The molecule has 3 nitrogen and oxygen atoms in total. The van der Waals surface area contributed by atoms with Crippen LogP contribution >= 0.6 is 0 Å². The molecule has 0 aromatic heterocycles. The maximum absolute atomic E-state index is 11.9. The second-order valence-corrected chi connectivity index (χ2v) is 5.39. The van der Waals surface area contributed by atoms with Crippen LogP contribution < -0.4 is 10.6 Å². The summed E-state index contributed by atoms with van der Waals surface area (Å²) in [6, 6.07) is 6.36. The minimum atomic E-state index is 0.109. The van der Waals surface area contributed by atoms with Gasteiger partial charge in [-0.15, -0.1) is 0 Å². The van der Waals surface area contributed by atoms with Crippen LogP contribution in [0.5, 0.6) is 0 Å². The molecule has 0 saturated heterocycles. The maximum Gasteiger partial charge on any atom is 0.223 e. The number of nitrogens with one attached hydrogen (secondary N) is 2. The van der Waals surface area contributed by atoms with Crippen molar-refractivity contribution >= 4 is 11.6 Å². The van der Waals surface area contributed by atoms with Crippen molar-refractivity contribution in [3.8, 4) is 0 Å². The summed E-state index contributed by atoms with van der Waals surface area (Å²) in [7, 11) is 0. The van der Waals surface area contributed by atoms with Crippen molar-refractivity contribution in [3.63, 3.8) is 0 Å². The maximum atomic E-state index is 11.9. The van der Waals surface area contributed by atoms with Crippen LogP contribution in [0.4, 0.5) is 5.69 Å². The Kier molecular flexibility index (Phi) is 4.83. The number of anilines is 1. The standard InChI is InChI=1S/C16H24N2O/c1-3-6-12(2)16(19)18-11-14-8-4-7-13-9-5-10-17-15(13)14/h4,7-8,12,17H,3,5-6,9-11H2,1-2H3,(H,18,19). The van der Waals surface area contributed by atoms with Gasteiger partial charge in [-0.05, 0) is 30.4 Å². The van der Waals surface area contributed by atoms with Gasteiger partial charge in [-0.25, -0.2) is 0 Å². The van der Waals surface area contributed by atoms with Crippen LogP contribution in [0.15, 0.2) is 18.2 Å². The monoisotopic (exact) mass is 260 g/mol. The van der Waals surface area contributed by atoms with E-state index in [4.69, 9.17) is 0 Å². The Morgan fingerprint density at radius 2 is 2.32 bits per heavy atom. The third-order valence-electron chi connectivity index (χ3n) is 3.78. The van der Waals surface area contributed by atoms with Gasteiger partial charge in [-0.3, -0.25) is 4.79 Å². The zero-order valence-corrected chi connectivity index (χ0v) is 12.0. The second kappa shape index (κ2) is 6.60. The lowest BCUT2D eigenvalue weighted by atomic mass is 9.99. The largest absolute Gasteiger partial charge is 0.385 e. The molecule has 1 aliphatic rings. The van der Waals surface area contributed by atoms with Crippen LogP contribution in [0, 0.1) is 5.92 Å². The van der Waals surface area contributed by atoms with Gasteiger partial charge in [0.1, 0.15) is 0 Å². The topological polar surface area (TPSA) is 41.1 Å². The number of hydrogen-bond donors (Lipinski definition) is 2. The van der Waals surface area contributed by atoms with E-state index in [0.717, 1.165) is 25.8 Å². The Morgan fingerprint density at radius 1 is 1.47 bits per heavy atom. The molecule has 0 spiro atoms. The zero-order valence-electron chi connectivity index (χ0n) is 12.0. The van der Waals surface area contributed by atoms with E-state index in [0.29, 0.717) is 6.54 Å². The van der Waals surface area contributed by atoms with Crippen molar-refractivity contribution in [1.29, 1.82) is 0 Å². The van der Waals surface area contributed by atoms with Gasteiger partial charge in [0.05, 0.1) is 0 Å². The summed E-state index contributed by atoms with van der Waals surface area (Å²) in [5, 5.41) is 6.51. The Morgan fingerprint density at radius 3 is 3.11 bits per heavy atom. The minimum Gasteiger partial charge on any atom is -0.385 e. The third kappa shape index (κ3) is 3.49. The van der Waals surface area contributed by atoms with E-state index in [1.165, 1.54) is 23.2 Å². The predicted octanol–water partition coefficient (Wildman–Crippen LogP) is 3.10. The molecule has 2 N–H and O–H groups in total. The van der Waals surface area contributed by atoms with Gasteiger partial charge in [-0.2, -0.15) is 0 Å². The molecule has 0 radical (unpaired) electrons. The van der Waals surface area contributed by atoms with E-state index >= 15 is 0 Å². The van der Waals surface area contributed by atoms with E-state index in [1.807, 2.05) is 6.92 Å². The van der Waals surface area contributed by atoms with Gasteiger partial charge in [-0.1, -0.05) is 38.5 Å². The summed E-state index contributed by atoms with van der Waals surface area (Å²) in [5.41, 5.74) is 3.81. The Hall–Kier alpha value is -1.51. The van der Waals surface area contributed by atoms with Crippen LogP contribution in [-0.4, -0.2) is 12.5 Å². The van der Waals surface area contributed by atoms with Crippen LogP contribution in [0.1, 0.15) is 44.2 Å². The molecular formula is C16H24N2O. The Bertz CT molecular complexity index is 442. The summed E-state index contributed by atoms with van der Waals surface area (Å²) in [4.78, 5) is 11.9. The first-order chi connectivity index (χ1) is 9.22. The van der Waals surface area contributed by atoms with E-state index in [1.54, 1.807) is 0 Å². The Balaban J connectivity index is 1.98. The average Bonchev–Trinajstić information content (AvgIpc) is 2.45. The fourth-order valence-corrected chi connectivity index (χ4v) is 2.65. The first-order valence-electron chi connectivity index (χ1n) is 7.34. The number of carbonyl (C=O) groups excluding carboxylic acids is 1. The van der Waals surface area contributed by atoms with Crippen molar-refractivity contribution in [2.24, 2.45) is 5.92 Å². The molecule has 1 aliphatic heterocycles. The number of para-hydroxylation sites is 1. The summed E-state index contributed by atoms with van der Waals surface area (Å²) < 4.78 is 0. The number of amides is 1. The SMILES string of the molecule is CCCC(C)C(=O)NCc1cccc2c1NCCC2. The summed E-state index contributed by atoms with van der Waals surface area (Å²) in [6.07, 6.45) is 4.33. The molecule has 1 aromatic carbocycles. The van der Waals surface area contributed by atoms with E-state index in [-0.39, 0.29) is 11.8 Å². The average molecular weight is 260 g/mol.